The van der Waals surface area contributed by atoms with Crippen LogP contribution >= 0.6 is 0 Å². The van der Waals surface area contributed by atoms with Crippen LogP contribution in [0.2, 0.25) is 0 Å². The number of β-lactam (4-membered cyclic amide) rings is 1. The minimum atomic E-state index is -3.46. The Kier molecular flexibility index (Phi) is 4.98. The first kappa shape index (κ1) is 19.4. The Hall–Kier alpha value is -2.96. The summed E-state index contributed by atoms with van der Waals surface area (Å²) in [5.41, 5.74) is 1.87. The highest BCUT2D eigenvalue weighted by Gasteiger charge is 2.50. The summed E-state index contributed by atoms with van der Waals surface area (Å²) in [6.45, 7) is 0. The van der Waals surface area contributed by atoms with Gasteiger partial charge in [0.1, 0.15) is 6.04 Å². The predicted octanol–water partition coefficient (Wildman–Crippen LogP) is 2.44. The van der Waals surface area contributed by atoms with E-state index in [1.165, 1.54) is 0 Å². The summed E-state index contributed by atoms with van der Waals surface area (Å²) in [4.78, 5) is 12.4. The fourth-order valence-electron chi connectivity index (χ4n) is 3.90. The molecule has 0 bridgehead atoms. The Bertz CT molecular complexity index is 1000. The van der Waals surface area contributed by atoms with Crippen molar-refractivity contribution in [3.8, 4) is 0 Å². The van der Waals surface area contributed by atoms with E-state index in [0.717, 1.165) is 22.9 Å². The fraction of sp³-hybridized carbons (Fsp3) is 0.174. The molecule has 4 rings (SSSR count). The predicted molar refractivity (Wildman–Crippen MR) is 113 cm³/mol. The van der Waals surface area contributed by atoms with E-state index in [2.05, 4.69) is 10.6 Å². The molecule has 29 heavy (non-hydrogen) atoms. The third-order valence-corrected chi connectivity index (χ3v) is 6.64. The number of benzene rings is 3. The molecule has 0 aromatic heterocycles. The van der Waals surface area contributed by atoms with E-state index in [9.17, 15) is 13.2 Å². The van der Waals surface area contributed by atoms with E-state index in [0.29, 0.717) is 0 Å². The molecule has 3 aromatic carbocycles. The van der Waals surface area contributed by atoms with Crippen LogP contribution in [0.5, 0.6) is 0 Å². The largest absolute Gasteiger partial charge is 0.336 e. The van der Waals surface area contributed by atoms with Crippen molar-refractivity contribution in [2.24, 2.45) is 0 Å². The minimum Gasteiger partial charge on any atom is -0.336 e. The summed E-state index contributed by atoms with van der Waals surface area (Å²) in [6.07, 6.45) is 1.14. The molecule has 1 fully saturated rings. The van der Waals surface area contributed by atoms with Crippen LogP contribution in [0.25, 0.3) is 0 Å². The second-order valence-electron chi connectivity index (χ2n) is 7.23. The van der Waals surface area contributed by atoms with Gasteiger partial charge < -0.3 is 5.32 Å². The number of hydrogen-bond donors (Lipinski definition) is 2. The quantitative estimate of drug-likeness (QED) is 0.487. The average molecular weight is 407 g/mol. The topological polar surface area (TPSA) is 75.3 Å². The van der Waals surface area contributed by atoms with Gasteiger partial charge in [0, 0.05) is 6.26 Å². The lowest BCUT2D eigenvalue weighted by Crippen LogP contribution is -2.73. The Morgan fingerprint density at radius 2 is 1.14 bits per heavy atom. The van der Waals surface area contributed by atoms with Gasteiger partial charge in [-0.3, -0.25) is 10.1 Å². The third kappa shape index (κ3) is 3.45. The molecule has 0 spiro atoms. The lowest BCUT2D eigenvalue weighted by Gasteiger charge is -2.45. The number of nitrogens with one attached hydrogen (secondary N) is 2. The van der Waals surface area contributed by atoms with Crippen LogP contribution in [-0.4, -0.2) is 32.0 Å². The van der Waals surface area contributed by atoms with Gasteiger partial charge in [-0.15, -0.1) is 0 Å². The molecule has 2 N–H and O–H groups in total. The maximum absolute atomic E-state index is 12.4. The van der Waals surface area contributed by atoms with Crippen LogP contribution in [0.3, 0.4) is 0 Å². The lowest BCUT2D eigenvalue weighted by molar-refractivity contribution is -0.130. The third-order valence-electron chi connectivity index (χ3n) is 5.32. The van der Waals surface area contributed by atoms with Crippen molar-refractivity contribution in [3.63, 3.8) is 0 Å². The minimum absolute atomic E-state index is 0.326. The molecule has 1 saturated heterocycles. The van der Waals surface area contributed by atoms with E-state index < -0.39 is 26.8 Å². The van der Waals surface area contributed by atoms with E-state index in [-0.39, 0.29) is 5.91 Å². The van der Waals surface area contributed by atoms with Gasteiger partial charge in [-0.2, -0.15) is 0 Å². The van der Waals surface area contributed by atoms with Crippen LogP contribution in [-0.2, 0) is 20.2 Å². The molecule has 1 aliphatic heterocycles. The second kappa shape index (κ2) is 7.46. The van der Waals surface area contributed by atoms with Crippen molar-refractivity contribution in [3.05, 3.63) is 108 Å². The number of rotatable bonds is 6. The number of sulfone groups is 1. The van der Waals surface area contributed by atoms with Gasteiger partial charge in [0.15, 0.2) is 15.2 Å². The molecule has 3 aromatic rings. The molecule has 2 atom stereocenters. The number of amides is 1. The molecule has 1 amide bonds. The van der Waals surface area contributed by atoms with E-state index in [1.54, 1.807) is 0 Å². The maximum atomic E-state index is 12.4. The van der Waals surface area contributed by atoms with Gasteiger partial charge in [-0.05, 0) is 16.7 Å². The van der Waals surface area contributed by atoms with Gasteiger partial charge >= 0.3 is 0 Å². The number of carbonyl (C=O) groups is 1. The van der Waals surface area contributed by atoms with Gasteiger partial charge in [0.05, 0.1) is 5.54 Å². The normalized spacial score (nSPS) is 19.3. The zero-order valence-corrected chi connectivity index (χ0v) is 16.8. The smallest absolute Gasteiger partial charge is 0.241 e. The second-order valence-corrected chi connectivity index (χ2v) is 9.40. The summed E-state index contributed by atoms with van der Waals surface area (Å²) in [7, 11) is -3.46. The molecule has 0 radical (unpaired) electrons. The Balaban J connectivity index is 1.95. The van der Waals surface area contributed by atoms with Crippen molar-refractivity contribution < 1.29 is 13.2 Å². The molecular formula is C23H22N2O3S. The molecule has 1 heterocycles. The van der Waals surface area contributed by atoms with Crippen LogP contribution in [0, 0.1) is 0 Å². The molecule has 148 valence electrons. The SMILES string of the molecule is CS(=O)(=O)[C@@H]1NC(=O)[C@H]1NC(c1ccccc1)(c1ccccc1)c1ccccc1. The van der Waals surface area contributed by atoms with Crippen molar-refractivity contribution in [2.75, 3.05) is 6.26 Å². The van der Waals surface area contributed by atoms with E-state index in [1.807, 2.05) is 91.0 Å². The van der Waals surface area contributed by atoms with Crippen molar-refractivity contribution >= 4 is 15.7 Å². The zero-order valence-electron chi connectivity index (χ0n) is 15.9. The number of hydrogen-bond acceptors (Lipinski definition) is 4. The average Bonchev–Trinajstić information content (AvgIpc) is 2.74. The van der Waals surface area contributed by atoms with Crippen molar-refractivity contribution in [2.45, 2.75) is 17.0 Å². The molecule has 0 saturated carbocycles. The summed E-state index contributed by atoms with van der Waals surface area (Å²) < 4.78 is 24.4. The monoisotopic (exact) mass is 406 g/mol. The molecular weight excluding hydrogens is 384 g/mol. The van der Waals surface area contributed by atoms with Crippen LogP contribution < -0.4 is 10.6 Å². The van der Waals surface area contributed by atoms with Crippen LogP contribution in [0.4, 0.5) is 0 Å². The molecule has 5 nitrogen and oxygen atoms in total. The fourth-order valence-corrected chi connectivity index (χ4v) is 4.91. The highest BCUT2D eigenvalue weighted by molar-refractivity contribution is 7.91. The summed E-state index contributed by atoms with van der Waals surface area (Å²) in [6, 6.07) is 28.5. The molecule has 0 unspecified atom stereocenters. The molecule has 0 aliphatic carbocycles. The molecule has 6 heteroatoms. The summed E-state index contributed by atoms with van der Waals surface area (Å²) in [5, 5.41) is 4.98. The zero-order chi connectivity index (χ0) is 20.5. The first-order chi connectivity index (χ1) is 13.9. The van der Waals surface area contributed by atoms with Gasteiger partial charge in [-0.25, -0.2) is 8.42 Å². The lowest BCUT2D eigenvalue weighted by atomic mass is 9.76. The van der Waals surface area contributed by atoms with Gasteiger partial charge in [0.2, 0.25) is 5.91 Å². The van der Waals surface area contributed by atoms with E-state index in [4.69, 9.17) is 0 Å². The standard InChI is InChI=1S/C23H22N2O3S/c1-29(27,28)22-20(21(26)24-22)25-23(17-11-5-2-6-12-17,18-13-7-3-8-14-18)19-15-9-4-10-16-19/h2-16,20,22,25H,1H3,(H,24,26)/t20-,22+/m1/s1. The Labute approximate surface area is 170 Å². The Morgan fingerprint density at radius 3 is 1.45 bits per heavy atom. The van der Waals surface area contributed by atoms with Crippen molar-refractivity contribution in [1.82, 2.24) is 10.6 Å². The number of carbonyl (C=O) groups excluding carboxylic acids is 1. The maximum Gasteiger partial charge on any atom is 0.241 e. The van der Waals surface area contributed by atoms with Gasteiger partial charge in [-0.1, -0.05) is 91.0 Å². The highest BCUT2D eigenvalue weighted by atomic mass is 32.2. The highest BCUT2D eigenvalue weighted by Crippen LogP contribution is 2.38. The Morgan fingerprint density at radius 1 is 0.759 bits per heavy atom. The first-order valence-corrected chi connectivity index (χ1v) is 11.3. The van der Waals surface area contributed by atoms with Crippen LogP contribution in [0.15, 0.2) is 91.0 Å². The molecule has 1 aliphatic rings. The first-order valence-electron chi connectivity index (χ1n) is 9.36. The van der Waals surface area contributed by atoms with Crippen molar-refractivity contribution in [1.29, 1.82) is 0 Å². The van der Waals surface area contributed by atoms with Crippen LogP contribution in [0.1, 0.15) is 16.7 Å². The summed E-state index contributed by atoms with van der Waals surface area (Å²) in [5.74, 6) is -0.326. The van der Waals surface area contributed by atoms with E-state index >= 15 is 0 Å². The summed E-state index contributed by atoms with van der Waals surface area (Å²) >= 11 is 0. The van der Waals surface area contributed by atoms with Gasteiger partial charge in [0.25, 0.3) is 0 Å².